The average Bonchev–Trinajstić information content (AvgIpc) is 2.42. The van der Waals surface area contributed by atoms with Gasteiger partial charge in [-0.05, 0) is 29.8 Å². The molecule has 1 N–H and O–H groups in total. The van der Waals surface area contributed by atoms with Crippen molar-refractivity contribution in [2.75, 3.05) is 7.11 Å². The second kappa shape index (κ2) is 6.20. The van der Waals surface area contributed by atoms with E-state index in [4.69, 9.17) is 16.3 Å². The summed E-state index contributed by atoms with van der Waals surface area (Å²) >= 11 is 5.58. The molecule has 20 heavy (non-hydrogen) atoms. The lowest BCUT2D eigenvalue weighted by Gasteiger charge is -2.13. The lowest BCUT2D eigenvalue weighted by atomic mass is 10.0. The van der Waals surface area contributed by atoms with Crippen LogP contribution in [0.5, 0.6) is 5.75 Å². The summed E-state index contributed by atoms with van der Waals surface area (Å²) in [6, 6.07) is 8.43. The molecular weight excluding hydrogens is 286 g/mol. The molecule has 2 rings (SSSR count). The molecule has 0 spiro atoms. The summed E-state index contributed by atoms with van der Waals surface area (Å²) in [5.74, 6) is -0.756. The highest BCUT2D eigenvalue weighted by Gasteiger charge is 2.15. The first kappa shape index (κ1) is 14.8. The van der Waals surface area contributed by atoms with Gasteiger partial charge in [0.15, 0.2) is 0 Å². The van der Waals surface area contributed by atoms with Crippen LogP contribution in [0.2, 0.25) is 5.02 Å². The molecule has 0 heterocycles. The second-order valence-corrected chi connectivity index (χ2v) is 4.76. The number of hydrogen-bond donors (Lipinski definition) is 1. The largest absolute Gasteiger partial charge is 0.497 e. The van der Waals surface area contributed by atoms with Gasteiger partial charge in [0.1, 0.15) is 17.4 Å². The molecule has 0 saturated heterocycles. The normalized spacial score (nSPS) is 12.2. The van der Waals surface area contributed by atoms with Gasteiger partial charge in [-0.1, -0.05) is 17.7 Å². The molecule has 2 aromatic carbocycles. The van der Waals surface area contributed by atoms with Crippen LogP contribution in [0, 0.1) is 11.6 Å². The summed E-state index contributed by atoms with van der Waals surface area (Å²) in [6.45, 7) is 0. The fourth-order valence-corrected chi connectivity index (χ4v) is 2.02. The lowest BCUT2D eigenvalue weighted by Crippen LogP contribution is -2.05. The Morgan fingerprint density at radius 1 is 1.15 bits per heavy atom. The van der Waals surface area contributed by atoms with E-state index in [0.717, 1.165) is 0 Å². The smallest absolute Gasteiger partial charge is 0.142 e. The van der Waals surface area contributed by atoms with Gasteiger partial charge < -0.3 is 9.84 Å². The number of methoxy groups -OCH3 is 1. The Labute approximate surface area is 120 Å². The first-order valence-corrected chi connectivity index (χ1v) is 6.34. The standard InChI is InChI=1S/C15H13ClF2O2/c1-20-10-3-4-11(13(17)8-10)15(19)7-9-2-5-12(16)14(18)6-9/h2-6,8,15,19H,7H2,1H3. The molecule has 0 aromatic heterocycles. The summed E-state index contributed by atoms with van der Waals surface area (Å²) in [5, 5.41) is 10.1. The monoisotopic (exact) mass is 298 g/mol. The van der Waals surface area contributed by atoms with Gasteiger partial charge in [-0.25, -0.2) is 8.78 Å². The number of aliphatic hydroxyl groups excluding tert-OH is 1. The van der Waals surface area contributed by atoms with E-state index in [9.17, 15) is 13.9 Å². The molecule has 0 aliphatic rings. The molecule has 0 bridgehead atoms. The van der Waals surface area contributed by atoms with Crippen molar-refractivity contribution in [2.45, 2.75) is 12.5 Å². The van der Waals surface area contributed by atoms with Crippen LogP contribution in [0.25, 0.3) is 0 Å². The van der Waals surface area contributed by atoms with Gasteiger partial charge in [0, 0.05) is 18.1 Å². The molecule has 1 unspecified atom stereocenters. The minimum atomic E-state index is -1.07. The Bertz CT molecular complexity index is 617. The van der Waals surface area contributed by atoms with Crippen LogP contribution in [0.3, 0.4) is 0 Å². The van der Waals surface area contributed by atoms with Crippen molar-refractivity contribution in [3.05, 3.63) is 64.2 Å². The summed E-state index contributed by atoms with van der Waals surface area (Å²) in [7, 11) is 1.43. The quantitative estimate of drug-likeness (QED) is 0.927. The Hall–Kier alpha value is -1.65. The maximum Gasteiger partial charge on any atom is 0.142 e. The lowest BCUT2D eigenvalue weighted by molar-refractivity contribution is 0.173. The van der Waals surface area contributed by atoms with Crippen molar-refractivity contribution in [3.63, 3.8) is 0 Å². The van der Waals surface area contributed by atoms with Gasteiger partial charge in [-0.15, -0.1) is 0 Å². The zero-order chi connectivity index (χ0) is 14.7. The van der Waals surface area contributed by atoms with Gasteiger partial charge in [0.2, 0.25) is 0 Å². The highest BCUT2D eigenvalue weighted by molar-refractivity contribution is 6.30. The Balaban J connectivity index is 2.19. The average molecular weight is 299 g/mol. The molecule has 0 amide bonds. The third-order valence-corrected chi connectivity index (χ3v) is 3.29. The third-order valence-electron chi connectivity index (χ3n) is 2.98. The van der Waals surface area contributed by atoms with E-state index in [1.54, 1.807) is 12.1 Å². The Kier molecular flexibility index (Phi) is 4.57. The summed E-state index contributed by atoms with van der Waals surface area (Å²) in [6.07, 6.45) is -0.973. The predicted octanol–water partition coefficient (Wildman–Crippen LogP) is 3.90. The Morgan fingerprint density at radius 3 is 2.50 bits per heavy atom. The van der Waals surface area contributed by atoms with Crippen LogP contribution >= 0.6 is 11.6 Å². The van der Waals surface area contributed by atoms with E-state index < -0.39 is 17.7 Å². The van der Waals surface area contributed by atoms with Crippen LogP contribution in [0.4, 0.5) is 8.78 Å². The third kappa shape index (κ3) is 3.26. The van der Waals surface area contributed by atoms with E-state index in [2.05, 4.69) is 0 Å². The molecule has 0 saturated carbocycles. The molecular formula is C15H13ClF2O2. The topological polar surface area (TPSA) is 29.5 Å². The minimum Gasteiger partial charge on any atom is -0.497 e. The van der Waals surface area contributed by atoms with E-state index in [1.807, 2.05) is 0 Å². The number of hydrogen-bond acceptors (Lipinski definition) is 2. The maximum atomic E-state index is 13.8. The van der Waals surface area contributed by atoms with E-state index >= 15 is 0 Å². The zero-order valence-corrected chi connectivity index (χ0v) is 11.5. The number of rotatable bonds is 4. The first-order chi connectivity index (χ1) is 9.51. The molecule has 0 radical (unpaired) electrons. The van der Waals surface area contributed by atoms with Crippen molar-refractivity contribution < 1.29 is 18.6 Å². The molecule has 106 valence electrons. The Morgan fingerprint density at radius 2 is 1.90 bits per heavy atom. The first-order valence-electron chi connectivity index (χ1n) is 5.96. The predicted molar refractivity (Wildman–Crippen MR) is 73.0 cm³/mol. The zero-order valence-electron chi connectivity index (χ0n) is 10.7. The van der Waals surface area contributed by atoms with Crippen molar-refractivity contribution >= 4 is 11.6 Å². The van der Waals surface area contributed by atoms with Crippen molar-refractivity contribution in [1.29, 1.82) is 0 Å². The van der Waals surface area contributed by atoms with Gasteiger partial charge in [0.25, 0.3) is 0 Å². The highest BCUT2D eigenvalue weighted by atomic mass is 35.5. The molecule has 2 nitrogen and oxygen atoms in total. The summed E-state index contributed by atoms with van der Waals surface area (Å²) in [5.41, 5.74) is 0.677. The van der Waals surface area contributed by atoms with Crippen molar-refractivity contribution in [3.8, 4) is 5.75 Å². The van der Waals surface area contributed by atoms with Crippen LogP contribution < -0.4 is 4.74 Å². The van der Waals surface area contributed by atoms with E-state index in [1.165, 1.54) is 31.4 Å². The molecule has 1 atom stereocenters. The van der Waals surface area contributed by atoms with Gasteiger partial charge in [0.05, 0.1) is 18.2 Å². The second-order valence-electron chi connectivity index (χ2n) is 4.36. The van der Waals surface area contributed by atoms with Crippen LogP contribution in [0.1, 0.15) is 17.2 Å². The number of ether oxygens (including phenoxy) is 1. The van der Waals surface area contributed by atoms with E-state index in [0.29, 0.717) is 11.3 Å². The fraction of sp³-hybridized carbons (Fsp3) is 0.200. The van der Waals surface area contributed by atoms with E-state index in [-0.39, 0.29) is 17.0 Å². The summed E-state index contributed by atoms with van der Waals surface area (Å²) in [4.78, 5) is 0. The van der Waals surface area contributed by atoms with Crippen LogP contribution in [-0.4, -0.2) is 12.2 Å². The van der Waals surface area contributed by atoms with Crippen LogP contribution in [0.15, 0.2) is 36.4 Å². The van der Waals surface area contributed by atoms with Crippen LogP contribution in [-0.2, 0) is 6.42 Å². The van der Waals surface area contributed by atoms with Crippen molar-refractivity contribution in [1.82, 2.24) is 0 Å². The number of halogens is 3. The number of benzene rings is 2. The van der Waals surface area contributed by atoms with Gasteiger partial charge in [-0.2, -0.15) is 0 Å². The highest BCUT2D eigenvalue weighted by Crippen LogP contribution is 2.25. The molecule has 5 heteroatoms. The SMILES string of the molecule is COc1ccc(C(O)Cc2ccc(Cl)c(F)c2)c(F)c1. The molecule has 2 aromatic rings. The van der Waals surface area contributed by atoms with Crippen molar-refractivity contribution in [2.24, 2.45) is 0 Å². The molecule has 0 aliphatic heterocycles. The van der Waals surface area contributed by atoms with Gasteiger partial charge in [-0.3, -0.25) is 0 Å². The minimum absolute atomic E-state index is 0.0128. The molecule has 0 aliphatic carbocycles. The number of aliphatic hydroxyl groups is 1. The maximum absolute atomic E-state index is 13.8. The van der Waals surface area contributed by atoms with Gasteiger partial charge >= 0.3 is 0 Å². The summed E-state index contributed by atoms with van der Waals surface area (Å²) < 4.78 is 32.0. The fourth-order valence-electron chi connectivity index (χ4n) is 1.90. The molecule has 0 fully saturated rings.